The Labute approximate surface area is 95.7 Å². The second-order valence-electron chi connectivity index (χ2n) is 4.04. The van der Waals surface area contributed by atoms with E-state index in [1.807, 2.05) is 0 Å². The van der Waals surface area contributed by atoms with E-state index in [1.54, 1.807) is 16.6 Å². The molecule has 6 heteroatoms. The molecule has 16 heavy (non-hydrogen) atoms. The minimum Gasteiger partial charge on any atom is -0.366 e. The highest BCUT2D eigenvalue weighted by Crippen LogP contribution is 2.31. The molecule has 0 atom stereocenters. The topological polar surface area (TPSA) is 79.2 Å². The number of hydrogen-bond acceptors (Lipinski definition) is 3. The van der Waals surface area contributed by atoms with Crippen LogP contribution in [0.15, 0.2) is 23.4 Å². The van der Waals surface area contributed by atoms with Crippen molar-refractivity contribution in [2.45, 2.75) is 30.2 Å². The molecule has 1 heterocycles. The van der Waals surface area contributed by atoms with Crippen molar-refractivity contribution in [3.8, 4) is 0 Å². The van der Waals surface area contributed by atoms with E-state index in [-0.39, 0.29) is 6.04 Å². The Bertz CT molecular complexity index is 423. The van der Waals surface area contributed by atoms with Crippen molar-refractivity contribution in [2.24, 2.45) is 5.73 Å². The maximum atomic E-state index is 12.2. The number of rotatable bonds is 6. The van der Waals surface area contributed by atoms with Crippen LogP contribution in [-0.2, 0) is 10.0 Å². The average molecular weight is 243 g/mol. The molecule has 90 valence electrons. The van der Waals surface area contributed by atoms with E-state index in [4.69, 9.17) is 5.73 Å². The third kappa shape index (κ3) is 2.28. The number of aromatic nitrogens is 1. The van der Waals surface area contributed by atoms with Crippen molar-refractivity contribution in [3.63, 3.8) is 0 Å². The van der Waals surface area contributed by atoms with Gasteiger partial charge in [0.1, 0.15) is 0 Å². The molecular weight excluding hydrogens is 226 g/mol. The minimum atomic E-state index is -3.32. The Morgan fingerprint density at radius 3 is 2.75 bits per heavy atom. The molecule has 1 aliphatic carbocycles. The number of hydrogen-bond donors (Lipinski definition) is 2. The van der Waals surface area contributed by atoms with Crippen LogP contribution in [0.4, 0.5) is 0 Å². The predicted octanol–water partition coefficient (Wildman–Crippen LogP) is 0.517. The summed E-state index contributed by atoms with van der Waals surface area (Å²) in [6.07, 6.45) is 5.79. The van der Waals surface area contributed by atoms with E-state index in [0.29, 0.717) is 24.4 Å². The summed E-state index contributed by atoms with van der Waals surface area (Å²) in [5.74, 6) is 0. The Morgan fingerprint density at radius 1 is 1.50 bits per heavy atom. The van der Waals surface area contributed by atoms with Crippen LogP contribution in [0.3, 0.4) is 0 Å². The van der Waals surface area contributed by atoms with Gasteiger partial charge in [-0.2, -0.15) is 4.31 Å². The lowest BCUT2D eigenvalue weighted by Gasteiger charge is -2.20. The molecule has 3 N–H and O–H groups in total. The number of aromatic amines is 1. The summed E-state index contributed by atoms with van der Waals surface area (Å²) in [6.45, 7) is 1.04. The maximum Gasteiger partial charge on any atom is 0.244 e. The first-order valence-corrected chi connectivity index (χ1v) is 6.95. The van der Waals surface area contributed by atoms with Crippen LogP contribution in [0.1, 0.15) is 19.3 Å². The van der Waals surface area contributed by atoms with Gasteiger partial charge in [0.05, 0.1) is 4.90 Å². The lowest BCUT2D eigenvalue weighted by atomic mass is 10.4. The number of nitrogens with two attached hydrogens (primary N) is 1. The average Bonchev–Trinajstić information content (AvgIpc) is 2.92. The fraction of sp³-hybridized carbons (Fsp3) is 0.600. The van der Waals surface area contributed by atoms with Crippen LogP contribution in [0.25, 0.3) is 0 Å². The van der Waals surface area contributed by atoms with Crippen LogP contribution in [0.5, 0.6) is 0 Å². The summed E-state index contributed by atoms with van der Waals surface area (Å²) in [7, 11) is -3.32. The SMILES string of the molecule is NCCCN(C1CC1)S(=O)(=O)c1cc[nH]c1. The van der Waals surface area contributed by atoms with Gasteiger partial charge >= 0.3 is 0 Å². The Kier molecular flexibility index (Phi) is 3.32. The highest BCUT2D eigenvalue weighted by molar-refractivity contribution is 7.89. The molecule has 0 saturated heterocycles. The highest BCUT2D eigenvalue weighted by Gasteiger charge is 2.37. The van der Waals surface area contributed by atoms with Crippen molar-refractivity contribution in [2.75, 3.05) is 13.1 Å². The van der Waals surface area contributed by atoms with Crippen molar-refractivity contribution in [3.05, 3.63) is 18.5 Å². The summed E-state index contributed by atoms with van der Waals surface area (Å²) >= 11 is 0. The molecule has 2 rings (SSSR count). The largest absolute Gasteiger partial charge is 0.366 e. The van der Waals surface area contributed by atoms with Crippen LogP contribution < -0.4 is 5.73 Å². The highest BCUT2D eigenvalue weighted by atomic mass is 32.2. The van der Waals surface area contributed by atoms with Crippen molar-refractivity contribution in [1.29, 1.82) is 0 Å². The van der Waals surface area contributed by atoms with Crippen molar-refractivity contribution < 1.29 is 8.42 Å². The van der Waals surface area contributed by atoms with E-state index >= 15 is 0 Å². The molecule has 0 aromatic carbocycles. The van der Waals surface area contributed by atoms with E-state index in [9.17, 15) is 8.42 Å². The normalized spacial score (nSPS) is 16.9. The zero-order valence-electron chi connectivity index (χ0n) is 9.09. The minimum absolute atomic E-state index is 0.187. The molecule has 1 aliphatic rings. The number of nitrogens with one attached hydrogen (secondary N) is 1. The quantitative estimate of drug-likeness (QED) is 0.764. The molecular formula is C10H17N3O2S. The third-order valence-corrected chi connectivity index (χ3v) is 4.66. The Hall–Kier alpha value is -0.850. The molecule has 5 nitrogen and oxygen atoms in total. The summed E-state index contributed by atoms with van der Waals surface area (Å²) < 4.78 is 26.1. The van der Waals surface area contributed by atoms with Crippen LogP contribution in [0, 0.1) is 0 Å². The van der Waals surface area contributed by atoms with Gasteiger partial charge in [-0.05, 0) is 31.9 Å². The van der Waals surface area contributed by atoms with Crippen LogP contribution in [0.2, 0.25) is 0 Å². The molecule has 0 unspecified atom stereocenters. The first-order chi connectivity index (χ1) is 7.66. The second kappa shape index (κ2) is 4.57. The number of nitrogens with zero attached hydrogens (tertiary/aromatic N) is 1. The summed E-state index contributed by atoms with van der Waals surface area (Å²) in [6, 6.07) is 1.78. The molecule has 0 aliphatic heterocycles. The molecule has 0 radical (unpaired) electrons. The Balaban J connectivity index is 2.18. The molecule has 0 bridgehead atoms. The van der Waals surface area contributed by atoms with Crippen LogP contribution >= 0.6 is 0 Å². The number of sulfonamides is 1. The summed E-state index contributed by atoms with van der Waals surface area (Å²) in [5, 5.41) is 0. The summed E-state index contributed by atoms with van der Waals surface area (Å²) in [4.78, 5) is 3.12. The first-order valence-electron chi connectivity index (χ1n) is 5.51. The number of H-pyrrole nitrogens is 1. The molecule has 1 aromatic rings. The van der Waals surface area contributed by atoms with Crippen molar-refractivity contribution >= 4 is 10.0 Å². The second-order valence-corrected chi connectivity index (χ2v) is 5.93. The van der Waals surface area contributed by atoms with E-state index in [0.717, 1.165) is 12.8 Å². The molecule has 1 fully saturated rings. The van der Waals surface area contributed by atoms with Gasteiger partial charge in [0.15, 0.2) is 0 Å². The standard InChI is InChI=1S/C10H17N3O2S/c11-5-1-7-13(9-2-3-9)16(14,15)10-4-6-12-8-10/h4,6,8-9,12H,1-3,5,7,11H2. The zero-order valence-corrected chi connectivity index (χ0v) is 9.91. The predicted molar refractivity (Wildman–Crippen MR) is 61.4 cm³/mol. The molecule has 1 saturated carbocycles. The molecule has 0 spiro atoms. The fourth-order valence-electron chi connectivity index (χ4n) is 1.71. The van der Waals surface area contributed by atoms with Gasteiger partial charge in [0.2, 0.25) is 10.0 Å². The monoisotopic (exact) mass is 243 g/mol. The van der Waals surface area contributed by atoms with Gasteiger partial charge in [-0.25, -0.2) is 8.42 Å². The zero-order chi connectivity index (χ0) is 11.6. The van der Waals surface area contributed by atoms with Gasteiger partial charge in [0.25, 0.3) is 0 Å². The molecule has 1 aromatic heterocycles. The van der Waals surface area contributed by atoms with Crippen LogP contribution in [-0.4, -0.2) is 36.8 Å². The van der Waals surface area contributed by atoms with Gasteiger partial charge in [-0.15, -0.1) is 0 Å². The van der Waals surface area contributed by atoms with Gasteiger partial charge < -0.3 is 10.7 Å². The fourth-order valence-corrected chi connectivity index (χ4v) is 3.41. The molecule has 0 amide bonds. The first kappa shape index (κ1) is 11.6. The van der Waals surface area contributed by atoms with E-state index in [1.165, 1.54) is 6.20 Å². The lowest BCUT2D eigenvalue weighted by Crippen LogP contribution is -2.34. The van der Waals surface area contributed by atoms with Crippen molar-refractivity contribution in [1.82, 2.24) is 9.29 Å². The van der Waals surface area contributed by atoms with E-state index < -0.39 is 10.0 Å². The van der Waals surface area contributed by atoms with Gasteiger partial charge in [0, 0.05) is 25.0 Å². The van der Waals surface area contributed by atoms with Gasteiger partial charge in [-0.3, -0.25) is 0 Å². The van der Waals surface area contributed by atoms with Gasteiger partial charge in [-0.1, -0.05) is 0 Å². The summed E-state index contributed by atoms with van der Waals surface area (Å²) in [5.41, 5.74) is 5.43. The third-order valence-electron chi connectivity index (χ3n) is 2.71. The van der Waals surface area contributed by atoms with E-state index in [2.05, 4.69) is 4.98 Å². The smallest absolute Gasteiger partial charge is 0.244 e. The maximum absolute atomic E-state index is 12.2. The Morgan fingerprint density at radius 2 is 2.25 bits per heavy atom. The lowest BCUT2D eigenvalue weighted by molar-refractivity contribution is 0.399.